The van der Waals surface area contributed by atoms with Gasteiger partial charge in [-0.3, -0.25) is 4.98 Å². The summed E-state index contributed by atoms with van der Waals surface area (Å²) in [7, 11) is -3.49. The van der Waals surface area contributed by atoms with Crippen molar-refractivity contribution < 1.29 is 8.42 Å². The van der Waals surface area contributed by atoms with Crippen molar-refractivity contribution in [2.24, 2.45) is 0 Å². The Morgan fingerprint density at radius 1 is 1.33 bits per heavy atom. The molecule has 0 aliphatic heterocycles. The Hall–Kier alpha value is -0.280. The molecule has 4 nitrogen and oxygen atoms in total. The van der Waals surface area contributed by atoms with Gasteiger partial charge in [0, 0.05) is 10.7 Å². The first-order chi connectivity index (χ1) is 8.49. The molecule has 0 aliphatic carbocycles. The van der Waals surface area contributed by atoms with Gasteiger partial charge in [0.05, 0.1) is 16.0 Å². The van der Waals surface area contributed by atoms with E-state index in [2.05, 4.69) is 41.6 Å². The van der Waals surface area contributed by atoms with E-state index in [1.165, 1.54) is 0 Å². The number of aromatic nitrogens is 1. The van der Waals surface area contributed by atoms with E-state index in [4.69, 9.17) is 0 Å². The molecule has 0 saturated carbocycles. The van der Waals surface area contributed by atoms with E-state index < -0.39 is 10.0 Å². The molecule has 2 rings (SSSR count). The molecule has 1 N–H and O–H groups in total. The highest BCUT2D eigenvalue weighted by Crippen LogP contribution is 2.34. The minimum atomic E-state index is -3.49. The average Bonchev–Trinajstić information content (AvgIpc) is 2.70. The van der Waals surface area contributed by atoms with Crippen molar-refractivity contribution in [3.05, 3.63) is 44.4 Å². The van der Waals surface area contributed by atoms with Gasteiger partial charge in [-0.15, -0.1) is 11.3 Å². The predicted molar refractivity (Wildman–Crippen MR) is 78.0 cm³/mol. The first-order valence-corrected chi connectivity index (χ1v) is 8.72. The summed E-state index contributed by atoms with van der Waals surface area (Å²) in [5.41, 5.74) is 0.677. The van der Waals surface area contributed by atoms with Crippen LogP contribution in [-0.2, 0) is 16.6 Å². The summed E-state index contributed by atoms with van der Waals surface area (Å²) in [5.74, 6) is 0. The monoisotopic (exact) mass is 410 g/mol. The quantitative estimate of drug-likeness (QED) is 0.840. The summed E-state index contributed by atoms with van der Waals surface area (Å²) >= 11 is 7.69. The number of pyridine rings is 1. The van der Waals surface area contributed by atoms with Crippen molar-refractivity contribution in [2.75, 3.05) is 0 Å². The van der Waals surface area contributed by atoms with Crippen LogP contribution in [0.2, 0.25) is 0 Å². The molecular formula is C10H8Br2N2O2S2. The molecule has 2 aromatic rings. The Kier molecular flexibility index (Phi) is 4.54. The van der Waals surface area contributed by atoms with Crippen molar-refractivity contribution in [3.8, 4) is 0 Å². The minimum absolute atomic E-state index is 0.177. The summed E-state index contributed by atoms with van der Waals surface area (Å²) in [6.07, 6.45) is 1.63. The zero-order valence-electron chi connectivity index (χ0n) is 8.93. The molecular weight excluding hydrogens is 404 g/mol. The van der Waals surface area contributed by atoms with Gasteiger partial charge in [0.25, 0.3) is 0 Å². The number of nitrogens with one attached hydrogen (secondary N) is 1. The highest BCUT2D eigenvalue weighted by atomic mass is 79.9. The Labute approximate surface area is 126 Å². The van der Waals surface area contributed by atoms with Gasteiger partial charge in [-0.1, -0.05) is 6.07 Å². The number of nitrogens with zero attached hydrogens (tertiary/aromatic N) is 1. The lowest BCUT2D eigenvalue weighted by molar-refractivity contribution is 0.582. The Morgan fingerprint density at radius 3 is 2.67 bits per heavy atom. The topological polar surface area (TPSA) is 59.1 Å². The number of halogens is 2. The maximum Gasteiger partial charge on any atom is 0.250 e. The molecule has 8 heteroatoms. The van der Waals surface area contributed by atoms with Crippen LogP contribution in [-0.4, -0.2) is 13.4 Å². The SMILES string of the molecule is O=S(=O)(NCc1ccccn1)c1cc(Br)c(Br)s1. The zero-order valence-corrected chi connectivity index (χ0v) is 13.7. The number of thiophene rings is 1. The second-order valence-corrected chi connectivity index (χ2v) is 8.55. The van der Waals surface area contributed by atoms with Crippen molar-refractivity contribution in [2.45, 2.75) is 10.8 Å². The molecule has 0 radical (unpaired) electrons. The fraction of sp³-hybridized carbons (Fsp3) is 0.100. The normalized spacial score (nSPS) is 11.7. The molecule has 0 atom stereocenters. The molecule has 0 unspecified atom stereocenters. The smallest absolute Gasteiger partial charge is 0.250 e. The van der Waals surface area contributed by atoms with Crippen LogP contribution >= 0.6 is 43.2 Å². The molecule has 0 amide bonds. The predicted octanol–water partition coefficient (Wildman–Crippen LogP) is 3.15. The second-order valence-electron chi connectivity index (χ2n) is 3.33. The van der Waals surface area contributed by atoms with Crippen molar-refractivity contribution >= 4 is 53.2 Å². The van der Waals surface area contributed by atoms with E-state index in [1.807, 2.05) is 6.07 Å². The number of rotatable bonds is 4. The van der Waals surface area contributed by atoms with E-state index in [0.29, 0.717) is 5.69 Å². The lowest BCUT2D eigenvalue weighted by Gasteiger charge is -2.03. The van der Waals surface area contributed by atoms with Crippen LogP contribution in [0.1, 0.15) is 5.69 Å². The fourth-order valence-corrected chi connectivity index (χ4v) is 5.06. The molecule has 0 saturated heterocycles. The molecule has 96 valence electrons. The van der Waals surface area contributed by atoms with E-state index in [0.717, 1.165) is 19.6 Å². The van der Waals surface area contributed by atoms with Crippen molar-refractivity contribution in [3.63, 3.8) is 0 Å². The zero-order chi connectivity index (χ0) is 13.2. The third kappa shape index (κ3) is 3.39. The molecule has 0 aliphatic rings. The van der Waals surface area contributed by atoms with E-state index in [9.17, 15) is 8.42 Å². The van der Waals surface area contributed by atoms with Crippen molar-refractivity contribution in [1.82, 2.24) is 9.71 Å². The molecule has 0 spiro atoms. The maximum atomic E-state index is 12.0. The molecule has 18 heavy (non-hydrogen) atoms. The van der Waals surface area contributed by atoms with Gasteiger partial charge in [0.1, 0.15) is 4.21 Å². The first-order valence-electron chi connectivity index (χ1n) is 4.83. The summed E-state index contributed by atoms with van der Waals surface area (Å²) in [6, 6.07) is 6.93. The van der Waals surface area contributed by atoms with Crippen LogP contribution in [0.4, 0.5) is 0 Å². The highest BCUT2D eigenvalue weighted by molar-refractivity contribution is 9.13. The highest BCUT2D eigenvalue weighted by Gasteiger charge is 2.18. The van der Waals surface area contributed by atoms with Crippen LogP contribution in [0.15, 0.2) is 42.9 Å². The van der Waals surface area contributed by atoms with Gasteiger partial charge < -0.3 is 0 Å². The molecule has 2 heterocycles. The standard InChI is InChI=1S/C10H8Br2N2O2S2/c11-8-5-9(17-10(8)12)18(15,16)14-6-7-3-1-2-4-13-7/h1-5,14H,6H2. The van der Waals surface area contributed by atoms with Crippen molar-refractivity contribution in [1.29, 1.82) is 0 Å². The second kappa shape index (κ2) is 5.79. The summed E-state index contributed by atoms with van der Waals surface area (Å²) in [6.45, 7) is 0.177. The Bertz CT molecular complexity index is 622. The molecule has 0 aromatic carbocycles. The van der Waals surface area contributed by atoms with Gasteiger partial charge in [-0.05, 0) is 50.1 Å². The van der Waals surface area contributed by atoms with Crippen LogP contribution in [0.3, 0.4) is 0 Å². The number of hydrogen-bond donors (Lipinski definition) is 1. The summed E-state index contributed by atoms with van der Waals surface area (Å²) < 4.78 is 28.3. The van der Waals surface area contributed by atoms with Gasteiger partial charge in [-0.2, -0.15) is 0 Å². The van der Waals surface area contributed by atoms with Crippen LogP contribution in [0.25, 0.3) is 0 Å². The largest absolute Gasteiger partial charge is 0.260 e. The first kappa shape index (κ1) is 14.1. The Balaban J connectivity index is 2.13. The lowest BCUT2D eigenvalue weighted by atomic mass is 10.4. The molecule has 2 aromatic heterocycles. The van der Waals surface area contributed by atoms with E-state index in [-0.39, 0.29) is 10.8 Å². The fourth-order valence-electron chi connectivity index (χ4n) is 1.20. The van der Waals surface area contributed by atoms with Crippen LogP contribution < -0.4 is 4.72 Å². The third-order valence-electron chi connectivity index (χ3n) is 2.06. The average molecular weight is 412 g/mol. The van der Waals surface area contributed by atoms with Gasteiger partial charge in [0.2, 0.25) is 10.0 Å². The minimum Gasteiger partial charge on any atom is -0.260 e. The van der Waals surface area contributed by atoms with Gasteiger partial charge >= 0.3 is 0 Å². The maximum absolute atomic E-state index is 12.0. The van der Waals surface area contributed by atoms with Crippen LogP contribution in [0, 0.1) is 0 Å². The lowest BCUT2D eigenvalue weighted by Crippen LogP contribution is -2.22. The Morgan fingerprint density at radius 2 is 2.11 bits per heavy atom. The van der Waals surface area contributed by atoms with Crippen LogP contribution in [0.5, 0.6) is 0 Å². The molecule has 0 bridgehead atoms. The van der Waals surface area contributed by atoms with E-state index in [1.54, 1.807) is 24.4 Å². The summed E-state index contributed by atoms with van der Waals surface area (Å²) in [4.78, 5) is 4.06. The van der Waals surface area contributed by atoms with Gasteiger partial charge in [-0.25, -0.2) is 13.1 Å². The number of hydrogen-bond acceptors (Lipinski definition) is 4. The third-order valence-corrected chi connectivity index (χ3v) is 7.19. The van der Waals surface area contributed by atoms with E-state index >= 15 is 0 Å². The summed E-state index contributed by atoms with van der Waals surface area (Å²) in [5, 5.41) is 0. The molecule has 0 fully saturated rings. The number of sulfonamides is 1. The van der Waals surface area contributed by atoms with Gasteiger partial charge in [0.15, 0.2) is 0 Å².